The molecule has 124 valence electrons. The molecule has 0 rings (SSSR count). The average molecular weight is 322 g/mol. The van der Waals surface area contributed by atoms with Crippen LogP contribution in [0.25, 0.3) is 0 Å². The van der Waals surface area contributed by atoms with Crippen molar-refractivity contribution in [2.75, 3.05) is 26.5 Å². The molecule has 0 aromatic rings. The largest absolute Gasteiger partial charge is 0.484 e. The number of rotatable bonds is 9. The molecule has 0 fully saturated rings. The monoisotopic (exact) mass is 322 g/mol. The topological polar surface area (TPSA) is 106 Å². The molecule has 0 aromatic carbocycles. The summed E-state index contributed by atoms with van der Waals surface area (Å²) in [6, 6.07) is 0. The van der Waals surface area contributed by atoms with E-state index in [1.807, 2.05) is 13.8 Å². The van der Waals surface area contributed by atoms with Crippen LogP contribution >= 0.6 is 0 Å². The predicted octanol–water partition coefficient (Wildman–Crippen LogP) is 1.14. The highest BCUT2D eigenvalue weighted by Crippen LogP contribution is 2.31. The molecule has 0 spiro atoms. The van der Waals surface area contributed by atoms with Crippen molar-refractivity contribution in [3.05, 3.63) is 0 Å². The van der Waals surface area contributed by atoms with Gasteiger partial charge in [-0.2, -0.15) is 0 Å². The molecule has 0 amide bonds. The normalized spacial score (nSPS) is 15.9. The molecule has 2 unspecified atom stereocenters. The second-order valence-electron chi connectivity index (χ2n) is 5.39. The van der Waals surface area contributed by atoms with Crippen LogP contribution in [0.2, 0.25) is 0 Å². The van der Waals surface area contributed by atoms with Crippen molar-refractivity contribution in [2.45, 2.75) is 33.6 Å². The fraction of sp³-hybridized carbons (Fsp3) is 0.846. The third-order valence-corrected chi connectivity index (χ3v) is 4.13. The van der Waals surface area contributed by atoms with Gasteiger partial charge in [0.05, 0.1) is 18.8 Å². The molecule has 21 heavy (non-hydrogen) atoms. The van der Waals surface area contributed by atoms with E-state index in [1.54, 1.807) is 6.92 Å². The summed E-state index contributed by atoms with van der Waals surface area (Å²) in [6.45, 7) is 5.50. The van der Waals surface area contributed by atoms with E-state index in [-0.39, 0.29) is 25.0 Å². The Hall–Kier alpha value is -1.15. The van der Waals surface area contributed by atoms with Crippen LogP contribution in [-0.4, -0.2) is 46.8 Å². The number of hydrogen-bond donors (Lipinski definition) is 2. The van der Waals surface area contributed by atoms with Gasteiger partial charge in [-0.25, -0.2) is 13.1 Å². The van der Waals surface area contributed by atoms with Crippen molar-refractivity contribution in [3.8, 4) is 0 Å². The second kappa shape index (κ2) is 8.33. The Morgan fingerprint density at radius 1 is 1.43 bits per heavy atom. The van der Waals surface area contributed by atoms with Crippen molar-refractivity contribution >= 4 is 21.9 Å². The van der Waals surface area contributed by atoms with Crippen LogP contribution in [0, 0.1) is 16.7 Å². The highest BCUT2D eigenvalue weighted by molar-refractivity contribution is 7.88. The lowest BCUT2D eigenvalue weighted by Crippen LogP contribution is -2.35. The fourth-order valence-electron chi connectivity index (χ4n) is 1.89. The zero-order chi connectivity index (χ0) is 16.7. The lowest BCUT2D eigenvalue weighted by Gasteiger charge is -2.28. The molecule has 8 heteroatoms. The van der Waals surface area contributed by atoms with Gasteiger partial charge in [-0.05, 0) is 19.8 Å². The van der Waals surface area contributed by atoms with E-state index in [0.29, 0.717) is 12.8 Å². The molecule has 0 aromatic heterocycles. The first-order chi connectivity index (χ1) is 9.55. The highest BCUT2D eigenvalue weighted by atomic mass is 32.2. The lowest BCUT2D eigenvalue weighted by molar-refractivity contribution is -0.155. The molecular formula is C13H26N2O5S. The minimum absolute atomic E-state index is 0.0163. The molecule has 0 heterocycles. The Morgan fingerprint density at radius 2 is 2.00 bits per heavy atom. The second-order valence-corrected chi connectivity index (χ2v) is 7.22. The molecule has 0 saturated carbocycles. The van der Waals surface area contributed by atoms with Crippen LogP contribution in [0.1, 0.15) is 33.6 Å². The molecule has 2 atom stereocenters. The number of hydrogen-bond acceptors (Lipinski definition) is 6. The van der Waals surface area contributed by atoms with Gasteiger partial charge in [-0.1, -0.05) is 13.8 Å². The summed E-state index contributed by atoms with van der Waals surface area (Å²) >= 11 is 0. The molecule has 0 aliphatic carbocycles. The highest BCUT2D eigenvalue weighted by Gasteiger charge is 2.35. The number of methoxy groups -OCH3 is 1. The van der Waals surface area contributed by atoms with Crippen LogP contribution in [0.4, 0.5) is 0 Å². The molecule has 0 aliphatic rings. The SMILES string of the molecule is CCC(C)(CC(C)C(=N)OC)C(=O)OCCNS(C)(=O)=O. The van der Waals surface area contributed by atoms with Gasteiger partial charge in [0.2, 0.25) is 10.0 Å². The van der Waals surface area contributed by atoms with Crippen molar-refractivity contribution in [2.24, 2.45) is 11.3 Å². The number of esters is 1. The number of carbonyl (C=O) groups is 1. The molecule has 0 radical (unpaired) electrons. The van der Waals surface area contributed by atoms with Gasteiger partial charge in [0.1, 0.15) is 6.61 Å². The molecule has 0 saturated heterocycles. The minimum atomic E-state index is -3.28. The summed E-state index contributed by atoms with van der Waals surface area (Å²) in [5.41, 5.74) is -0.727. The van der Waals surface area contributed by atoms with Crippen molar-refractivity contribution < 1.29 is 22.7 Å². The number of nitrogens with one attached hydrogen (secondary N) is 2. The van der Waals surface area contributed by atoms with Gasteiger partial charge >= 0.3 is 5.97 Å². The van der Waals surface area contributed by atoms with Crippen LogP contribution in [-0.2, 0) is 24.3 Å². The quantitative estimate of drug-likeness (QED) is 0.287. The summed E-state index contributed by atoms with van der Waals surface area (Å²) in [4.78, 5) is 12.2. The standard InChI is InChI=1S/C13H26N2O5S/c1-6-13(3,9-10(2)11(14)19-4)12(16)20-8-7-15-21(5,17)18/h10,14-15H,6-9H2,1-5H3. The van der Waals surface area contributed by atoms with Crippen LogP contribution < -0.4 is 4.72 Å². The first kappa shape index (κ1) is 19.9. The van der Waals surface area contributed by atoms with E-state index < -0.39 is 21.4 Å². The maximum absolute atomic E-state index is 12.2. The Labute approximate surface area is 127 Å². The van der Waals surface area contributed by atoms with Crippen LogP contribution in [0.3, 0.4) is 0 Å². The average Bonchev–Trinajstić information content (AvgIpc) is 2.40. The molecule has 7 nitrogen and oxygen atoms in total. The molecule has 0 aliphatic heterocycles. The Morgan fingerprint density at radius 3 is 2.43 bits per heavy atom. The van der Waals surface area contributed by atoms with Crippen molar-refractivity contribution in [3.63, 3.8) is 0 Å². The van der Waals surface area contributed by atoms with Crippen LogP contribution in [0.5, 0.6) is 0 Å². The summed E-state index contributed by atoms with van der Waals surface area (Å²) in [6.07, 6.45) is 2.05. The van der Waals surface area contributed by atoms with Crippen molar-refractivity contribution in [1.82, 2.24) is 4.72 Å². The van der Waals surface area contributed by atoms with Gasteiger partial charge in [0.15, 0.2) is 5.90 Å². The maximum Gasteiger partial charge on any atom is 0.311 e. The zero-order valence-corrected chi connectivity index (χ0v) is 14.2. The van der Waals surface area contributed by atoms with Gasteiger partial charge in [0.25, 0.3) is 0 Å². The van der Waals surface area contributed by atoms with E-state index >= 15 is 0 Å². The minimum Gasteiger partial charge on any atom is -0.484 e. The summed E-state index contributed by atoms with van der Waals surface area (Å²) < 4.78 is 34.0. The fourth-order valence-corrected chi connectivity index (χ4v) is 2.34. The van der Waals surface area contributed by atoms with Gasteiger partial charge < -0.3 is 9.47 Å². The molecule has 2 N–H and O–H groups in total. The predicted molar refractivity (Wildman–Crippen MR) is 80.7 cm³/mol. The maximum atomic E-state index is 12.2. The third-order valence-electron chi connectivity index (χ3n) is 3.40. The Kier molecular flexibility index (Phi) is 7.87. The Bertz CT molecular complexity index is 463. The summed E-state index contributed by atoms with van der Waals surface area (Å²) in [5, 5.41) is 7.63. The molecule has 0 bridgehead atoms. The third kappa shape index (κ3) is 7.42. The van der Waals surface area contributed by atoms with E-state index in [0.717, 1.165) is 6.26 Å². The summed E-state index contributed by atoms with van der Waals surface area (Å²) in [5.74, 6) is -0.459. The van der Waals surface area contributed by atoms with Gasteiger partial charge in [-0.15, -0.1) is 0 Å². The summed E-state index contributed by atoms with van der Waals surface area (Å²) in [7, 11) is -1.85. The molecular weight excluding hydrogens is 296 g/mol. The van der Waals surface area contributed by atoms with E-state index in [1.165, 1.54) is 7.11 Å². The first-order valence-corrected chi connectivity index (χ1v) is 8.69. The first-order valence-electron chi connectivity index (χ1n) is 6.80. The van der Waals surface area contributed by atoms with E-state index in [9.17, 15) is 13.2 Å². The smallest absolute Gasteiger partial charge is 0.311 e. The number of ether oxygens (including phenoxy) is 2. The van der Waals surface area contributed by atoms with Gasteiger partial charge in [-0.3, -0.25) is 10.2 Å². The number of carbonyl (C=O) groups excluding carboxylic acids is 1. The lowest BCUT2D eigenvalue weighted by atomic mass is 9.79. The van der Waals surface area contributed by atoms with Crippen molar-refractivity contribution in [1.29, 1.82) is 5.41 Å². The Balaban J connectivity index is 4.49. The van der Waals surface area contributed by atoms with E-state index in [2.05, 4.69) is 4.72 Å². The zero-order valence-electron chi connectivity index (χ0n) is 13.4. The van der Waals surface area contributed by atoms with E-state index in [4.69, 9.17) is 14.9 Å². The van der Waals surface area contributed by atoms with Gasteiger partial charge in [0, 0.05) is 12.5 Å². The van der Waals surface area contributed by atoms with Crippen LogP contribution in [0.15, 0.2) is 0 Å². The number of sulfonamides is 1.